The smallest absolute Gasteiger partial charge is 0.303 e. The molecule has 0 bridgehead atoms. The molecular weight excluding hydrogens is 3800 g/mol. The van der Waals surface area contributed by atoms with Crippen molar-refractivity contribution in [2.75, 3.05) is 24.3 Å². The molecule has 106 heteroatoms. The first-order valence-electron chi connectivity index (χ1n) is 32.0. The zero-order valence-electron chi connectivity index (χ0n) is 67.2. The first-order chi connectivity index (χ1) is 70.9. The molecule has 0 saturated heterocycles. The van der Waals surface area contributed by atoms with Gasteiger partial charge in [0.2, 0.25) is 5.91 Å². The molecule has 2 aromatic heterocycles. The van der Waals surface area contributed by atoms with Crippen LogP contribution in [0, 0.1) is 13.8 Å². The van der Waals surface area contributed by atoms with E-state index >= 15 is 0 Å². The highest BCUT2D eigenvalue weighted by Gasteiger charge is 2.04. The predicted molar refractivity (Wildman–Crippen MR) is 904 cm³/mol. The summed E-state index contributed by atoms with van der Waals surface area (Å²) in [6.07, 6.45) is 11.9. The number of pyridine rings is 2. The van der Waals surface area contributed by atoms with Gasteiger partial charge in [-0.1, -0.05) is 69.7 Å². The largest absolute Gasteiger partial charge is 0.494 e. The normalized spacial score (nSPS) is 8.56. The minimum atomic E-state index is -0.713. The first kappa shape index (κ1) is 161. The third kappa shape index (κ3) is 137. The fourth-order valence-corrected chi connectivity index (χ4v) is 245. The number of carboxylic acid groups (broad SMARTS) is 1. The fraction of sp³-hybridized carbons (Fsp3) is 0.368. The van der Waals surface area contributed by atoms with E-state index in [0.717, 1.165) is 94.6 Å². The van der Waals surface area contributed by atoms with E-state index in [2.05, 4.69) is 47.1 Å². The van der Waals surface area contributed by atoms with E-state index in [0.29, 0.717) is 19.6 Å². The van der Waals surface area contributed by atoms with Gasteiger partial charge >= 0.3 is 5.97 Å². The van der Waals surface area contributed by atoms with Crippen molar-refractivity contribution < 1.29 is 24.2 Å². The fourth-order valence-electron chi connectivity index (χ4n) is 5.37. The van der Waals surface area contributed by atoms with Crippen LogP contribution in [0.25, 0.3) is 0 Å². The molecule has 2 aromatic carbocycles. The van der Waals surface area contributed by atoms with E-state index in [1.807, 2.05) is 640 Å². The van der Waals surface area contributed by atoms with Crippen LogP contribution in [0.5, 0.6) is 11.5 Å². The maximum atomic E-state index is 11.9. The van der Waals surface area contributed by atoms with E-state index < -0.39 is 5.97 Å². The third-order valence-corrected chi connectivity index (χ3v) is 208. The number of aromatic nitrogens is 2. The number of aliphatic carboxylic acids is 1. The first-order valence-corrected chi connectivity index (χ1v) is 158. The van der Waals surface area contributed by atoms with Crippen LogP contribution in [0.3, 0.4) is 0 Å². The Labute approximate surface area is 1130 Å². The zero-order valence-corrected chi connectivity index (χ0v) is 148. The summed E-state index contributed by atoms with van der Waals surface area (Å²) in [6, 6.07) is 22.9. The van der Waals surface area contributed by atoms with Gasteiger partial charge in [0.05, 0.1) is 13.2 Å². The second kappa shape index (κ2) is 142. The van der Waals surface area contributed by atoms with Crippen molar-refractivity contribution in [1.29, 1.82) is 0 Å². The molecule has 4 rings (SSSR count). The number of unbranched alkanes of at least 4 members (excludes halogenated alkanes) is 6. The van der Waals surface area contributed by atoms with Crippen LogP contribution in [0.4, 0.5) is 11.4 Å². The third-order valence-electron chi connectivity index (χ3n) is 9.29. The Kier molecular flexibility index (Phi) is 158. The standard InChI is InChI=1S/C19H23BrN2O2.C13H17BrO3.C6H8N2.S48.S47/c1-15-13-17(10-11-21-15)22-19(23)9-4-2-3-5-12-24-18-8-6-7-16(20)14-18;14-11-6-5-7-12(10-11)17-9-4-2-1-3-8-13(15)16;1-5-4-6(7)2-3-8-5;1-3-5-7-9-11-13-15-17-19-21-23-25-27-29-31-33-35-37-39-41-43-45-47-48-46-44-42-40-38-36-34-32-30-28-26-24-22-20-18-16-14-12-10-8-6-4-2;1-3-5-7-9-11-13-15-17-19-21-23-25-27-29-31-33-35-37-39-41-43-45-47-46-44-42-40-38-36-34-32-30-28-26-24-22-20-18-16-14-12-10-8-6-4-2/h6-8,10-11,13-14H,2-5,9,12H2,1H3,(H,21,22,23);5-7,10H,1-4,8-9H2,(H,15,16);2-4H,1H3,(H2,7,8);;. The number of nitrogens with two attached hydrogens (primary N) is 1. The molecule has 0 aliphatic rings. The quantitative estimate of drug-likeness (QED) is 0.0869. The molecule has 144 heavy (non-hydrogen) atoms. The van der Waals surface area contributed by atoms with Crippen molar-refractivity contribution >= 4 is 908 Å². The summed E-state index contributed by atoms with van der Waals surface area (Å²) in [5.74, 6) is 1.10. The van der Waals surface area contributed by atoms with Crippen LogP contribution in [0.1, 0.15) is 75.6 Å². The number of carbonyl (C=O) groups excluding carboxylic acids is 1. The number of carbonyl (C=O) groups is 2. The average Bonchev–Trinajstić information content (AvgIpc) is 0.905. The molecule has 0 fully saturated rings. The van der Waals surface area contributed by atoms with E-state index in [-0.39, 0.29) is 12.3 Å². The minimum absolute atomic E-state index is 0.0611. The summed E-state index contributed by atoms with van der Waals surface area (Å²) in [6.45, 7) is 5.21. The van der Waals surface area contributed by atoms with Gasteiger partial charge in [-0.3, -0.25) is 19.6 Å². The van der Waals surface area contributed by atoms with Crippen LogP contribution >= 0.6 is 31.9 Å². The van der Waals surface area contributed by atoms with E-state index in [1.165, 1.54) is 35.5 Å². The Morgan fingerprint density at radius 3 is 0.646 bits per heavy atom. The maximum Gasteiger partial charge on any atom is 0.303 e. The molecule has 0 saturated carbocycles. The number of nitrogens with one attached hydrogen (secondary N) is 1. The van der Waals surface area contributed by atoms with Gasteiger partial charge in [0.15, 0.2) is 0 Å². The summed E-state index contributed by atoms with van der Waals surface area (Å²) >= 11 is 26.0. The number of amides is 1. The van der Waals surface area contributed by atoms with Gasteiger partial charge in [0.25, 0.3) is 0 Å². The number of aryl methyl sites for hydroxylation is 2. The number of nitrogens with zero attached hydrogens (tertiary/aromatic N) is 2. The second-order valence-electron chi connectivity index (χ2n) is 17.5. The summed E-state index contributed by atoms with van der Waals surface area (Å²) < 4.78 is 13.3. The van der Waals surface area contributed by atoms with Gasteiger partial charge in [-0.15, -0.1) is 0 Å². The number of halogens is 2. The SMILES string of the molecule is Cc1cc(N)ccn1.Cc1cc(NC(=O)CCCCCCOc2cccc(Br)c2)ccn1.O=C(O)CCCCCCOc1cccc(Br)c1.S=S=S=S=S=S=S=S=S=S=S=S=S=S=S=S=S=S=S=S=S=S=S=S=S=S=S=S=S=S=S=S=S=S=S=S=S=S=S=S=S=S=S=S=S=S=S.S=S=S=S=S=S=S=S=S=S=S=S=S=S=S=S=S=S=S=S=S=S=S=S=S=S=S=S=S=S=S=S=S=S=S=S=S=S=S=S=S=S=S=S=S=S=S=S. The molecule has 2 heterocycles. The van der Waals surface area contributed by atoms with Gasteiger partial charge < -0.3 is 25.6 Å². The molecule has 834 valence electrons. The van der Waals surface area contributed by atoms with Gasteiger partial charge in [-0.05, 0) is 100 Å². The number of nitrogen functional groups attached to an aromatic ring is 1. The number of anilines is 2. The number of hydrogen-bond acceptors (Lipinski definition) is 11. The van der Waals surface area contributed by atoms with Crippen LogP contribution < -0.4 is 20.5 Å². The predicted octanol–water partition coefficient (Wildman–Crippen LogP) is 9.73. The van der Waals surface area contributed by atoms with Crippen molar-refractivity contribution in [3.8, 4) is 11.5 Å². The summed E-state index contributed by atoms with van der Waals surface area (Å²) in [4.78, 5) is 30.2. The Hall–Kier alpha value is 16.9. The monoisotopic (exact) mass is 3840 g/mol. The summed E-state index contributed by atoms with van der Waals surface area (Å²) in [5, 5.41) is 11.4. The van der Waals surface area contributed by atoms with Crippen LogP contribution in [-0.4, -0.2) is 40.2 Å². The van der Waals surface area contributed by atoms with Gasteiger partial charge in [-0.2, -0.15) is 0 Å². The molecule has 0 unspecified atom stereocenters. The lowest BCUT2D eigenvalue weighted by molar-refractivity contribution is -0.137. The molecule has 4 N–H and O–H groups in total. The Morgan fingerprint density at radius 2 is 0.465 bits per heavy atom. The highest BCUT2D eigenvalue weighted by molar-refractivity contribution is 9.11. The van der Waals surface area contributed by atoms with Gasteiger partial charge in [0, 0.05) is 910 Å². The topological polar surface area (TPSA) is 137 Å². The van der Waals surface area contributed by atoms with E-state index in [9.17, 15) is 9.59 Å². The zero-order chi connectivity index (χ0) is 104. The molecule has 0 atom stereocenters. The van der Waals surface area contributed by atoms with Crippen LogP contribution in [-0.2, 0) is 862 Å². The number of hydrogen-bond donors (Lipinski definition) is 3. The molecular formula is C38H48Br2N4O5S95. The Morgan fingerprint density at radius 1 is 0.271 bits per heavy atom. The second-order valence-corrected chi connectivity index (χ2v) is 180. The lowest BCUT2D eigenvalue weighted by atomic mass is 10.1. The lowest BCUT2D eigenvalue weighted by Crippen LogP contribution is -2.11. The minimum Gasteiger partial charge on any atom is -0.494 e. The molecule has 0 aliphatic carbocycles. The molecule has 1 amide bonds. The van der Waals surface area contributed by atoms with Crippen molar-refractivity contribution in [3.05, 3.63) is 106 Å². The van der Waals surface area contributed by atoms with Crippen molar-refractivity contribution in [1.82, 2.24) is 9.97 Å². The number of ether oxygens (including phenoxy) is 2. The maximum absolute atomic E-state index is 11.9. The molecule has 0 spiro atoms. The van der Waals surface area contributed by atoms with Gasteiger partial charge in [-0.25, -0.2) is 0 Å². The van der Waals surface area contributed by atoms with Crippen molar-refractivity contribution in [2.24, 2.45) is 0 Å². The highest BCUT2D eigenvalue weighted by atomic mass is 79.9. The van der Waals surface area contributed by atoms with Crippen LogP contribution in [0.15, 0.2) is 94.1 Å². The lowest BCUT2D eigenvalue weighted by Gasteiger charge is -2.07. The van der Waals surface area contributed by atoms with Crippen molar-refractivity contribution in [3.63, 3.8) is 0 Å². The number of carboxylic acids is 1. The Balaban J connectivity index is 0.00000195. The molecule has 0 radical (unpaired) electrons. The highest BCUT2D eigenvalue weighted by Crippen LogP contribution is 2.20. The summed E-state index contributed by atoms with van der Waals surface area (Å²) in [7, 11) is 162. The number of rotatable bonds is 17. The van der Waals surface area contributed by atoms with E-state index in [4.69, 9.17) is 65.1 Å². The number of benzene rings is 2. The average molecular weight is 3850 g/mol. The Bertz CT molecular complexity index is 9380. The molecule has 9 nitrogen and oxygen atoms in total. The van der Waals surface area contributed by atoms with Crippen molar-refractivity contribution in [2.45, 2.75) is 78.1 Å². The molecule has 0 aliphatic heterocycles. The van der Waals surface area contributed by atoms with Crippen LogP contribution in [0.2, 0.25) is 0 Å². The summed E-state index contributed by atoms with van der Waals surface area (Å²) in [5.41, 5.74) is 8.87. The van der Waals surface area contributed by atoms with Gasteiger partial charge in [0.1, 0.15) is 11.5 Å². The molecule has 4 aromatic rings. The van der Waals surface area contributed by atoms with E-state index in [1.54, 1.807) is 232 Å².